The maximum absolute atomic E-state index is 12.5. The molecule has 3 N–H and O–H groups in total. The van der Waals surface area contributed by atoms with Gasteiger partial charge in [0.05, 0.1) is 0 Å². The molecule has 160 valence electrons. The van der Waals surface area contributed by atoms with E-state index in [4.69, 9.17) is 4.74 Å². The number of nitrogens with one attached hydrogen (secondary N) is 3. The van der Waals surface area contributed by atoms with Crippen LogP contribution in [0.5, 0.6) is 0 Å². The molecule has 0 aliphatic heterocycles. The van der Waals surface area contributed by atoms with Crippen molar-refractivity contribution < 1.29 is 19.1 Å². The average Bonchev–Trinajstić information content (AvgIpc) is 2.73. The summed E-state index contributed by atoms with van der Waals surface area (Å²) >= 11 is 0. The highest BCUT2D eigenvalue weighted by molar-refractivity contribution is 5.93. The number of urea groups is 1. The third-order valence-electron chi connectivity index (χ3n) is 4.46. The summed E-state index contributed by atoms with van der Waals surface area (Å²) in [7, 11) is 0. The minimum absolute atomic E-state index is 0.215. The molecule has 2 rings (SSSR count). The third kappa shape index (κ3) is 7.58. The van der Waals surface area contributed by atoms with Gasteiger partial charge in [-0.15, -0.1) is 0 Å². The smallest absolute Gasteiger partial charge is 0.329 e. The quantitative estimate of drug-likeness (QED) is 0.553. The number of hydrogen-bond acceptors (Lipinski definition) is 4. The second-order valence-corrected chi connectivity index (χ2v) is 7.29. The molecule has 0 radical (unpaired) electrons. The topological polar surface area (TPSA) is 96.5 Å². The Morgan fingerprint density at radius 3 is 2.10 bits per heavy atom. The molecule has 7 heteroatoms. The van der Waals surface area contributed by atoms with Gasteiger partial charge in [0.15, 0.2) is 6.10 Å². The van der Waals surface area contributed by atoms with Crippen molar-refractivity contribution in [2.75, 3.05) is 11.9 Å². The molecule has 2 atom stereocenters. The third-order valence-corrected chi connectivity index (χ3v) is 4.46. The fourth-order valence-electron chi connectivity index (χ4n) is 2.75. The van der Waals surface area contributed by atoms with Crippen LogP contribution in [-0.4, -0.2) is 36.6 Å². The lowest BCUT2D eigenvalue weighted by molar-refractivity contribution is -0.157. The van der Waals surface area contributed by atoms with Gasteiger partial charge in [-0.2, -0.15) is 0 Å². The van der Waals surface area contributed by atoms with Gasteiger partial charge in [-0.3, -0.25) is 4.79 Å². The number of anilines is 1. The Labute approximate surface area is 177 Å². The predicted molar refractivity (Wildman–Crippen MR) is 116 cm³/mol. The Morgan fingerprint density at radius 2 is 1.50 bits per heavy atom. The molecule has 7 nitrogen and oxygen atoms in total. The summed E-state index contributed by atoms with van der Waals surface area (Å²) in [6.45, 7) is 5.53. The molecular formula is C23H29N3O4. The number of hydrogen-bond donors (Lipinski definition) is 3. The Bertz CT molecular complexity index is 825. The Morgan fingerprint density at radius 1 is 0.900 bits per heavy atom. The highest BCUT2D eigenvalue weighted by Crippen LogP contribution is 2.09. The van der Waals surface area contributed by atoms with E-state index in [1.54, 1.807) is 38.1 Å². The summed E-state index contributed by atoms with van der Waals surface area (Å²) in [6, 6.07) is 17.3. The summed E-state index contributed by atoms with van der Waals surface area (Å²) in [4.78, 5) is 37.0. The molecule has 0 aliphatic carbocycles. The molecule has 0 unspecified atom stereocenters. The summed E-state index contributed by atoms with van der Waals surface area (Å²) in [5.74, 6) is -1.25. The van der Waals surface area contributed by atoms with Crippen molar-refractivity contribution in [2.45, 2.75) is 39.3 Å². The zero-order valence-corrected chi connectivity index (χ0v) is 17.6. The van der Waals surface area contributed by atoms with Gasteiger partial charge < -0.3 is 20.7 Å². The SMILES string of the molecule is CC(C)[C@@H](NC(=O)Nc1ccccc1)C(=O)O[C@H](C)C(=O)NCCc1ccccc1. The van der Waals surface area contributed by atoms with E-state index in [0.717, 1.165) is 5.56 Å². The average molecular weight is 412 g/mol. The zero-order chi connectivity index (χ0) is 21.9. The van der Waals surface area contributed by atoms with Gasteiger partial charge in [0, 0.05) is 12.2 Å². The van der Waals surface area contributed by atoms with Gasteiger partial charge in [-0.1, -0.05) is 62.4 Å². The Kier molecular flexibility index (Phi) is 8.87. The second-order valence-electron chi connectivity index (χ2n) is 7.29. The van der Waals surface area contributed by atoms with Gasteiger partial charge in [-0.25, -0.2) is 9.59 Å². The van der Waals surface area contributed by atoms with E-state index >= 15 is 0 Å². The van der Waals surface area contributed by atoms with Crippen LogP contribution in [0.4, 0.5) is 10.5 Å². The number of benzene rings is 2. The molecule has 2 aromatic rings. The fourth-order valence-corrected chi connectivity index (χ4v) is 2.75. The molecule has 0 bridgehead atoms. The first-order chi connectivity index (χ1) is 14.4. The van der Waals surface area contributed by atoms with E-state index in [9.17, 15) is 14.4 Å². The largest absolute Gasteiger partial charge is 0.451 e. The van der Waals surface area contributed by atoms with Crippen molar-refractivity contribution in [3.05, 3.63) is 66.2 Å². The second kappa shape index (κ2) is 11.6. The van der Waals surface area contributed by atoms with E-state index in [1.165, 1.54) is 6.92 Å². The Balaban J connectivity index is 1.82. The number of esters is 1. The van der Waals surface area contributed by atoms with Gasteiger partial charge in [-0.05, 0) is 37.0 Å². The van der Waals surface area contributed by atoms with E-state index in [-0.39, 0.29) is 11.8 Å². The van der Waals surface area contributed by atoms with Gasteiger partial charge in [0.2, 0.25) is 0 Å². The van der Waals surface area contributed by atoms with Crippen LogP contribution in [0.25, 0.3) is 0 Å². The zero-order valence-electron chi connectivity index (χ0n) is 17.6. The molecule has 0 saturated carbocycles. The van der Waals surface area contributed by atoms with Gasteiger partial charge in [0.25, 0.3) is 5.91 Å². The number of ether oxygens (including phenoxy) is 1. The number of rotatable bonds is 9. The lowest BCUT2D eigenvalue weighted by Gasteiger charge is -2.23. The molecule has 2 aromatic carbocycles. The normalized spacial score (nSPS) is 12.5. The summed E-state index contributed by atoms with van der Waals surface area (Å²) in [6.07, 6.45) is -0.281. The lowest BCUT2D eigenvalue weighted by Crippen LogP contribution is -2.49. The number of carbonyl (C=O) groups excluding carboxylic acids is 3. The van der Waals surface area contributed by atoms with Crippen molar-refractivity contribution in [3.8, 4) is 0 Å². The lowest BCUT2D eigenvalue weighted by atomic mass is 10.0. The fraction of sp³-hybridized carbons (Fsp3) is 0.348. The highest BCUT2D eigenvalue weighted by atomic mass is 16.5. The molecule has 0 heterocycles. The minimum atomic E-state index is -0.964. The van der Waals surface area contributed by atoms with Crippen LogP contribution < -0.4 is 16.0 Å². The van der Waals surface area contributed by atoms with E-state index in [2.05, 4.69) is 16.0 Å². The summed E-state index contributed by atoms with van der Waals surface area (Å²) < 4.78 is 5.30. The molecule has 3 amide bonds. The van der Waals surface area contributed by atoms with Crippen molar-refractivity contribution in [1.82, 2.24) is 10.6 Å². The minimum Gasteiger partial charge on any atom is -0.451 e. The van der Waals surface area contributed by atoms with Crippen LogP contribution in [0.1, 0.15) is 26.3 Å². The highest BCUT2D eigenvalue weighted by Gasteiger charge is 2.29. The van der Waals surface area contributed by atoms with Crippen LogP contribution in [-0.2, 0) is 20.7 Å². The van der Waals surface area contributed by atoms with E-state index in [0.29, 0.717) is 18.7 Å². The van der Waals surface area contributed by atoms with Gasteiger partial charge in [0.1, 0.15) is 6.04 Å². The van der Waals surface area contributed by atoms with Crippen molar-refractivity contribution >= 4 is 23.6 Å². The van der Waals surface area contributed by atoms with Crippen LogP contribution in [0.2, 0.25) is 0 Å². The van der Waals surface area contributed by atoms with E-state index in [1.807, 2.05) is 36.4 Å². The first-order valence-corrected chi connectivity index (χ1v) is 10.0. The predicted octanol–water partition coefficient (Wildman–Crippen LogP) is 3.12. The van der Waals surface area contributed by atoms with Crippen molar-refractivity contribution in [3.63, 3.8) is 0 Å². The van der Waals surface area contributed by atoms with E-state index < -0.39 is 24.1 Å². The molecular weight excluding hydrogens is 382 g/mol. The van der Waals surface area contributed by atoms with Crippen molar-refractivity contribution in [1.29, 1.82) is 0 Å². The molecule has 0 saturated heterocycles. The molecule has 0 aromatic heterocycles. The maximum atomic E-state index is 12.5. The Hall–Kier alpha value is -3.35. The number of para-hydroxylation sites is 1. The monoisotopic (exact) mass is 411 g/mol. The van der Waals surface area contributed by atoms with Crippen LogP contribution >= 0.6 is 0 Å². The standard InChI is InChI=1S/C23H29N3O4/c1-16(2)20(26-23(29)25-19-12-8-5-9-13-19)22(28)30-17(3)21(27)24-15-14-18-10-6-4-7-11-18/h4-13,16-17,20H,14-15H2,1-3H3,(H,24,27)(H2,25,26,29)/t17-,20-/m1/s1. The van der Waals surface area contributed by atoms with Crippen LogP contribution in [0.3, 0.4) is 0 Å². The summed E-state index contributed by atoms with van der Waals surface area (Å²) in [5.41, 5.74) is 1.72. The molecule has 30 heavy (non-hydrogen) atoms. The summed E-state index contributed by atoms with van der Waals surface area (Å²) in [5, 5.41) is 8.04. The number of carbonyl (C=O) groups is 3. The molecule has 0 spiro atoms. The first kappa shape index (κ1) is 22.9. The number of amides is 3. The van der Waals surface area contributed by atoms with Crippen molar-refractivity contribution in [2.24, 2.45) is 5.92 Å². The van der Waals surface area contributed by atoms with Crippen LogP contribution in [0.15, 0.2) is 60.7 Å². The molecule has 0 fully saturated rings. The maximum Gasteiger partial charge on any atom is 0.329 e. The first-order valence-electron chi connectivity index (χ1n) is 10.0. The van der Waals surface area contributed by atoms with Crippen LogP contribution in [0, 0.1) is 5.92 Å². The molecule has 0 aliphatic rings. The van der Waals surface area contributed by atoms with Gasteiger partial charge >= 0.3 is 12.0 Å².